The van der Waals surface area contributed by atoms with Crippen molar-refractivity contribution in [1.82, 2.24) is 0 Å². The third kappa shape index (κ3) is 3.09. The Bertz CT molecular complexity index is 346. The van der Waals surface area contributed by atoms with E-state index in [0.29, 0.717) is 5.57 Å². The summed E-state index contributed by atoms with van der Waals surface area (Å²) in [5.74, 6) is 0. The Kier molecular flexibility index (Phi) is 3.74. The van der Waals surface area contributed by atoms with Gasteiger partial charge in [0.05, 0.1) is 11.8 Å². The van der Waals surface area contributed by atoms with Crippen LogP contribution in [0.25, 0.3) is 6.08 Å². The number of allylic oxidation sites excluding steroid dienone is 1. The molecule has 3 nitrogen and oxygen atoms in total. The number of thiophene rings is 1. The molecule has 1 aromatic heterocycles. The molecule has 0 spiro atoms. The van der Waals surface area contributed by atoms with Crippen molar-refractivity contribution in [3.63, 3.8) is 0 Å². The Hall–Kier alpha value is -1.60. The molecule has 0 radical (unpaired) electrons. The Balaban J connectivity index is 2.79. The lowest BCUT2D eigenvalue weighted by Gasteiger charge is -1.86. The topological polar surface area (TPSA) is 45.4 Å². The summed E-state index contributed by atoms with van der Waals surface area (Å²) in [5, 5.41) is 14.2. The van der Waals surface area contributed by atoms with Crippen LogP contribution in [0.2, 0.25) is 0 Å². The molecule has 0 aliphatic carbocycles. The van der Waals surface area contributed by atoms with E-state index < -0.39 is 0 Å². The van der Waals surface area contributed by atoms with E-state index in [-0.39, 0.29) is 0 Å². The number of hydrogen-bond acceptors (Lipinski definition) is 4. The molecule has 1 heterocycles. The molecule has 1 rings (SSSR count). The summed E-state index contributed by atoms with van der Waals surface area (Å²) >= 11 is 1.57. The van der Waals surface area contributed by atoms with E-state index in [1.165, 1.54) is 13.3 Å². The van der Waals surface area contributed by atoms with E-state index in [2.05, 4.69) is 9.99 Å². The standard InChI is InChI=1S/C9H8N2OS/c1-12-11-7-8(6-10)5-9-3-2-4-13-9/h2-5,7H,1H3/b8-5+,11-7+. The maximum absolute atomic E-state index is 8.69. The Morgan fingerprint density at radius 3 is 3.15 bits per heavy atom. The number of nitriles is 1. The van der Waals surface area contributed by atoms with Crippen molar-refractivity contribution in [2.75, 3.05) is 7.11 Å². The van der Waals surface area contributed by atoms with E-state index in [1.54, 1.807) is 17.4 Å². The van der Waals surface area contributed by atoms with Gasteiger partial charge in [0, 0.05) is 4.88 Å². The van der Waals surface area contributed by atoms with Crippen LogP contribution in [0, 0.1) is 11.3 Å². The molecule has 13 heavy (non-hydrogen) atoms. The summed E-state index contributed by atoms with van der Waals surface area (Å²) in [4.78, 5) is 5.50. The number of nitrogens with zero attached hydrogens (tertiary/aromatic N) is 2. The average molecular weight is 192 g/mol. The summed E-state index contributed by atoms with van der Waals surface area (Å²) in [6.45, 7) is 0. The number of oxime groups is 1. The van der Waals surface area contributed by atoms with Crippen LogP contribution in [0.5, 0.6) is 0 Å². The molecule has 0 atom stereocenters. The van der Waals surface area contributed by atoms with Crippen molar-refractivity contribution in [2.24, 2.45) is 5.16 Å². The van der Waals surface area contributed by atoms with Crippen LogP contribution in [0.15, 0.2) is 28.2 Å². The summed E-state index contributed by atoms with van der Waals surface area (Å²) < 4.78 is 0. The first-order valence-corrected chi connectivity index (χ1v) is 4.46. The second kappa shape index (κ2) is 5.12. The van der Waals surface area contributed by atoms with Crippen molar-refractivity contribution >= 4 is 23.6 Å². The molecule has 0 aliphatic heterocycles. The van der Waals surface area contributed by atoms with Crippen LogP contribution < -0.4 is 0 Å². The zero-order valence-corrected chi connectivity index (χ0v) is 7.91. The highest BCUT2D eigenvalue weighted by Crippen LogP contribution is 2.12. The van der Waals surface area contributed by atoms with Gasteiger partial charge in [-0.3, -0.25) is 0 Å². The van der Waals surface area contributed by atoms with Gasteiger partial charge in [0.1, 0.15) is 13.2 Å². The fourth-order valence-corrected chi connectivity index (χ4v) is 1.40. The van der Waals surface area contributed by atoms with E-state index in [4.69, 9.17) is 5.26 Å². The second-order valence-corrected chi connectivity index (χ2v) is 3.12. The average Bonchev–Trinajstić information content (AvgIpc) is 2.64. The largest absolute Gasteiger partial charge is 0.399 e. The molecule has 0 fully saturated rings. The molecule has 0 aromatic carbocycles. The maximum atomic E-state index is 8.69. The van der Waals surface area contributed by atoms with Crippen molar-refractivity contribution in [1.29, 1.82) is 5.26 Å². The predicted molar refractivity (Wildman–Crippen MR) is 53.4 cm³/mol. The van der Waals surface area contributed by atoms with E-state index in [9.17, 15) is 0 Å². The van der Waals surface area contributed by atoms with Gasteiger partial charge in [-0.15, -0.1) is 11.3 Å². The van der Waals surface area contributed by atoms with Gasteiger partial charge in [0.25, 0.3) is 0 Å². The van der Waals surface area contributed by atoms with Crippen molar-refractivity contribution in [3.05, 3.63) is 28.0 Å². The number of rotatable bonds is 3. The predicted octanol–water partition coefficient (Wildman–Crippen LogP) is 2.29. The molecular weight excluding hydrogens is 184 g/mol. The van der Waals surface area contributed by atoms with Gasteiger partial charge in [-0.2, -0.15) is 5.26 Å². The zero-order valence-electron chi connectivity index (χ0n) is 7.10. The van der Waals surface area contributed by atoms with Gasteiger partial charge in [-0.1, -0.05) is 11.2 Å². The molecule has 0 aliphatic rings. The fourth-order valence-electron chi connectivity index (χ4n) is 0.735. The lowest BCUT2D eigenvalue weighted by molar-refractivity contribution is 0.215. The Morgan fingerprint density at radius 1 is 1.77 bits per heavy atom. The van der Waals surface area contributed by atoms with Crippen LogP contribution in [0.4, 0.5) is 0 Å². The van der Waals surface area contributed by atoms with Crippen LogP contribution in [-0.2, 0) is 4.84 Å². The summed E-state index contributed by atoms with van der Waals surface area (Å²) in [6.07, 6.45) is 3.15. The summed E-state index contributed by atoms with van der Waals surface area (Å²) in [5.41, 5.74) is 0.476. The highest BCUT2D eigenvalue weighted by molar-refractivity contribution is 7.10. The van der Waals surface area contributed by atoms with Crippen molar-refractivity contribution in [2.45, 2.75) is 0 Å². The third-order valence-electron chi connectivity index (χ3n) is 1.27. The van der Waals surface area contributed by atoms with E-state index >= 15 is 0 Å². The minimum Gasteiger partial charge on any atom is -0.399 e. The third-order valence-corrected chi connectivity index (χ3v) is 2.09. The van der Waals surface area contributed by atoms with Gasteiger partial charge in [-0.25, -0.2) is 0 Å². The highest BCUT2D eigenvalue weighted by atomic mass is 32.1. The lowest BCUT2D eigenvalue weighted by Crippen LogP contribution is -1.80. The van der Waals surface area contributed by atoms with Crippen LogP contribution in [0.3, 0.4) is 0 Å². The minimum atomic E-state index is 0.476. The van der Waals surface area contributed by atoms with Crippen molar-refractivity contribution in [3.8, 4) is 6.07 Å². The Labute approximate surface area is 80.6 Å². The lowest BCUT2D eigenvalue weighted by atomic mass is 10.3. The van der Waals surface area contributed by atoms with Gasteiger partial charge in [-0.05, 0) is 17.5 Å². The molecule has 0 bridgehead atoms. The molecular formula is C9H8N2OS. The first-order chi connectivity index (χ1) is 6.36. The van der Waals surface area contributed by atoms with Crippen LogP contribution in [-0.4, -0.2) is 13.3 Å². The quantitative estimate of drug-likeness (QED) is 0.419. The molecule has 0 amide bonds. The maximum Gasteiger partial charge on any atom is 0.106 e. The molecule has 0 N–H and O–H groups in total. The van der Waals surface area contributed by atoms with Gasteiger partial charge < -0.3 is 4.84 Å². The van der Waals surface area contributed by atoms with Gasteiger partial charge in [0.2, 0.25) is 0 Å². The highest BCUT2D eigenvalue weighted by Gasteiger charge is 1.92. The SMILES string of the molecule is CO/N=C/C(C#N)=C/c1cccs1. The smallest absolute Gasteiger partial charge is 0.106 e. The summed E-state index contributed by atoms with van der Waals surface area (Å²) in [7, 11) is 1.44. The molecule has 0 unspecified atom stereocenters. The second-order valence-electron chi connectivity index (χ2n) is 2.14. The molecule has 4 heteroatoms. The fraction of sp³-hybridized carbons (Fsp3) is 0.111. The van der Waals surface area contributed by atoms with Gasteiger partial charge in [0.15, 0.2) is 0 Å². The normalized spacial score (nSPS) is 11.5. The van der Waals surface area contributed by atoms with Gasteiger partial charge >= 0.3 is 0 Å². The Morgan fingerprint density at radius 2 is 2.62 bits per heavy atom. The molecule has 66 valence electrons. The van der Waals surface area contributed by atoms with E-state index in [1.807, 2.05) is 23.6 Å². The number of hydrogen-bond donors (Lipinski definition) is 0. The molecule has 0 saturated heterocycles. The van der Waals surface area contributed by atoms with E-state index in [0.717, 1.165) is 4.88 Å². The zero-order chi connectivity index (χ0) is 9.52. The van der Waals surface area contributed by atoms with Crippen molar-refractivity contribution < 1.29 is 4.84 Å². The molecule has 0 saturated carbocycles. The van der Waals surface area contributed by atoms with Crippen LogP contribution in [0.1, 0.15) is 4.88 Å². The van der Waals surface area contributed by atoms with Crippen LogP contribution >= 0.6 is 11.3 Å². The molecule has 1 aromatic rings. The monoisotopic (exact) mass is 192 g/mol. The minimum absolute atomic E-state index is 0.476. The summed E-state index contributed by atoms with van der Waals surface area (Å²) in [6, 6.07) is 5.88. The first kappa shape index (κ1) is 9.49. The first-order valence-electron chi connectivity index (χ1n) is 3.58.